The average Bonchev–Trinajstić information content (AvgIpc) is 2.53. The third-order valence-corrected chi connectivity index (χ3v) is 5.39. The van der Waals surface area contributed by atoms with Gasteiger partial charge in [0.15, 0.2) is 0 Å². The zero-order chi connectivity index (χ0) is 18.7. The van der Waals surface area contributed by atoms with E-state index in [1.54, 1.807) is 0 Å². The Bertz CT molecular complexity index is 402. The van der Waals surface area contributed by atoms with Crippen LogP contribution in [-0.4, -0.2) is 13.1 Å². The fraction of sp³-hybridized carbons (Fsp3) is 0.739. The molecule has 0 bridgehead atoms. The quantitative estimate of drug-likeness (QED) is 0.307. The molecule has 0 spiro atoms. The Balaban J connectivity index is 5.61. The maximum Gasteiger partial charge on any atom is 0.0169 e. The number of nitrogens with one attached hydrogen (secondary N) is 1. The van der Waals surface area contributed by atoms with Crippen molar-refractivity contribution < 1.29 is 0 Å². The van der Waals surface area contributed by atoms with Crippen LogP contribution < -0.4 is 5.32 Å². The fourth-order valence-corrected chi connectivity index (χ4v) is 4.16. The molecule has 0 amide bonds. The summed E-state index contributed by atoms with van der Waals surface area (Å²) in [6, 6.07) is 0.463. The summed E-state index contributed by atoms with van der Waals surface area (Å²) in [6.45, 7) is 20.5. The Hall–Kier alpha value is -0.820. The molecule has 3 unspecified atom stereocenters. The SMILES string of the molecule is C=C(C=C(CC)CCC)C(C(C)C)[C@@H](NC)C(CC)C(C)/C=C\C. The highest BCUT2D eigenvalue weighted by atomic mass is 14.9. The lowest BCUT2D eigenvalue weighted by atomic mass is 9.72. The summed E-state index contributed by atoms with van der Waals surface area (Å²) in [4.78, 5) is 0. The number of hydrogen-bond donors (Lipinski definition) is 1. The summed E-state index contributed by atoms with van der Waals surface area (Å²) in [6.07, 6.45) is 11.7. The molecular weight excluding hydrogens is 290 g/mol. The van der Waals surface area contributed by atoms with Crippen LogP contribution in [0.4, 0.5) is 0 Å². The van der Waals surface area contributed by atoms with Crippen LogP contribution in [0, 0.1) is 23.7 Å². The third-order valence-electron chi connectivity index (χ3n) is 5.39. The minimum absolute atomic E-state index is 0.463. The first-order chi connectivity index (χ1) is 11.4. The minimum Gasteiger partial charge on any atom is -0.316 e. The molecule has 1 nitrogen and oxygen atoms in total. The van der Waals surface area contributed by atoms with Gasteiger partial charge in [0.2, 0.25) is 0 Å². The highest BCUT2D eigenvalue weighted by molar-refractivity contribution is 5.25. The molecule has 0 saturated heterocycles. The van der Waals surface area contributed by atoms with Crippen LogP contribution in [0.25, 0.3) is 0 Å². The van der Waals surface area contributed by atoms with Gasteiger partial charge in [0.05, 0.1) is 0 Å². The molecule has 0 heterocycles. The van der Waals surface area contributed by atoms with E-state index < -0.39 is 0 Å². The Morgan fingerprint density at radius 3 is 2.12 bits per heavy atom. The Morgan fingerprint density at radius 2 is 1.75 bits per heavy atom. The van der Waals surface area contributed by atoms with E-state index in [0.29, 0.717) is 29.7 Å². The van der Waals surface area contributed by atoms with E-state index in [-0.39, 0.29) is 0 Å². The van der Waals surface area contributed by atoms with Crippen LogP contribution in [0.3, 0.4) is 0 Å². The first-order valence-corrected chi connectivity index (χ1v) is 10.1. The predicted octanol–water partition coefficient (Wildman–Crippen LogP) is 6.78. The molecule has 0 aliphatic carbocycles. The number of hydrogen-bond acceptors (Lipinski definition) is 1. The van der Waals surface area contributed by atoms with Gasteiger partial charge in [0, 0.05) is 12.0 Å². The van der Waals surface area contributed by atoms with Gasteiger partial charge < -0.3 is 5.32 Å². The molecule has 0 aromatic rings. The van der Waals surface area contributed by atoms with E-state index in [4.69, 9.17) is 0 Å². The summed E-state index contributed by atoms with van der Waals surface area (Å²) >= 11 is 0. The van der Waals surface area contributed by atoms with Gasteiger partial charge in [-0.1, -0.05) is 90.3 Å². The molecule has 0 radical (unpaired) electrons. The molecular formula is C23H43N. The molecule has 0 saturated carbocycles. The molecule has 0 aromatic heterocycles. The summed E-state index contributed by atoms with van der Waals surface area (Å²) in [5, 5.41) is 3.65. The zero-order valence-corrected chi connectivity index (χ0v) is 17.7. The van der Waals surface area contributed by atoms with Crippen molar-refractivity contribution >= 4 is 0 Å². The lowest BCUT2D eigenvalue weighted by molar-refractivity contribution is 0.212. The highest BCUT2D eigenvalue weighted by Crippen LogP contribution is 2.34. The van der Waals surface area contributed by atoms with Crippen LogP contribution in [-0.2, 0) is 0 Å². The van der Waals surface area contributed by atoms with Crippen LogP contribution in [0.5, 0.6) is 0 Å². The molecule has 0 fully saturated rings. The van der Waals surface area contributed by atoms with Crippen LogP contribution >= 0.6 is 0 Å². The third kappa shape index (κ3) is 6.97. The maximum atomic E-state index is 4.50. The van der Waals surface area contributed by atoms with Gasteiger partial charge in [-0.3, -0.25) is 0 Å². The average molecular weight is 334 g/mol. The number of rotatable bonds is 12. The lowest BCUT2D eigenvalue weighted by Gasteiger charge is -2.38. The molecule has 1 heteroatoms. The minimum atomic E-state index is 0.463. The molecule has 24 heavy (non-hydrogen) atoms. The Kier molecular flexibility index (Phi) is 12.1. The zero-order valence-electron chi connectivity index (χ0n) is 17.7. The van der Waals surface area contributed by atoms with Crippen molar-refractivity contribution in [2.24, 2.45) is 23.7 Å². The van der Waals surface area contributed by atoms with Crippen molar-refractivity contribution in [1.82, 2.24) is 5.32 Å². The fourth-order valence-electron chi connectivity index (χ4n) is 4.16. The van der Waals surface area contributed by atoms with E-state index >= 15 is 0 Å². The molecule has 0 rings (SSSR count). The normalized spacial score (nSPS) is 18.0. The van der Waals surface area contributed by atoms with E-state index in [2.05, 4.69) is 85.6 Å². The highest BCUT2D eigenvalue weighted by Gasteiger charge is 2.32. The summed E-state index contributed by atoms with van der Waals surface area (Å²) < 4.78 is 0. The van der Waals surface area contributed by atoms with Gasteiger partial charge in [0.1, 0.15) is 0 Å². The predicted molar refractivity (Wildman–Crippen MR) is 111 cm³/mol. The molecule has 0 aliphatic heterocycles. The second-order valence-electron chi connectivity index (χ2n) is 7.52. The van der Waals surface area contributed by atoms with Crippen LogP contribution in [0.2, 0.25) is 0 Å². The van der Waals surface area contributed by atoms with E-state index in [0.717, 1.165) is 6.42 Å². The number of allylic oxidation sites excluding steroid dienone is 4. The van der Waals surface area contributed by atoms with Gasteiger partial charge in [-0.05, 0) is 44.6 Å². The van der Waals surface area contributed by atoms with Crippen LogP contribution in [0.15, 0.2) is 36.0 Å². The van der Waals surface area contributed by atoms with Gasteiger partial charge >= 0.3 is 0 Å². The topological polar surface area (TPSA) is 12.0 Å². The first kappa shape index (κ1) is 23.2. The summed E-state index contributed by atoms with van der Waals surface area (Å²) in [5.41, 5.74) is 2.85. The summed E-state index contributed by atoms with van der Waals surface area (Å²) in [7, 11) is 2.12. The van der Waals surface area contributed by atoms with Crippen molar-refractivity contribution in [1.29, 1.82) is 0 Å². The van der Waals surface area contributed by atoms with Crippen molar-refractivity contribution in [2.45, 2.75) is 80.2 Å². The smallest absolute Gasteiger partial charge is 0.0169 e. The lowest BCUT2D eigenvalue weighted by Crippen LogP contribution is -2.45. The second kappa shape index (κ2) is 12.5. The van der Waals surface area contributed by atoms with Crippen molar-refractivity contribution in [3.05, 3.63) is 36.0 Å². The van der Waals surface area contributed by atoms with Gasteiger partial charge in [-0.2, -0.15) is 0 Å². The van der Waals surface area contributed by atoms with Crippen molar-refractivity contribution in [3.8, 4) is 0 Å². The van der Waals surface area contributed by atoms with Crippen molar-refractivity contribution in [2.75, 3.05) is 7.05 Å². The van der Waals surface area contributed by atoms with Gasteiger partial charge in [0.25, 0.3) is 0 Å². The van der Waals surface area contributed by atoms with E-state index in [1.165, 1.54) is 30.4 Å². The Labute approximate surface area is 152 Å². The standard InChI is InChI=1S/C23H43N/c1-10-14-18(7)21(13-4)23(24-9)22(17(5)6)19(8)16-20(12-3)15-11-2/h10,14,16-18,21-24H,8,11-13,15H2,1-7,9H3/b14-10-,20-16?/t18?,21?,22?,23-/m0/s1. The van der Waals surface area contributed by atoms with Crippen LogP contribution in [0.1, 0.15) is 74.1 Å². The van der Waals surface area contributed by atoms with Gasteiger partial charge in [-0.15, -0.1) is 0 Å². The molecule has 0 aliphatic rings. The maximum absolute atomic E-state index is 4.50. The molecule has 0 aromatic carbocycles. The van der Waals surface area contributed by atoms with Gasteiger partial charge in [-0.25, -0.2) is 0 Å². The monoisotopic (exact) mass is 333 g/mol. The molecule has 4 atom stereocenters. The second-order valence-corrected chi connectivity index (χ2v) is 7.52. The molecule has 1 N–H and O–H groups in total. The van der Waals surface area contributed by atoms with Crippen molar-refractivity contribution in [3.63, 3.8) is 0 Å². The largest absolute Gasteiger partial charge is 0.316 e. The molecule has 140 valence electrons. The van der Waals surface area contributed by atoms with E-state index in [9.17, 15) is 0 Å². The Morgan fingerprint density at radius 1 is 1.12 bits per heavy atom. The van der Waals surface area contributed by atoms with E-state index in [1.807, 2.05) is 0 Å². The first-order valence-electron chi connectivity index (χ1n) is 10.1. The summed E-state index contributed by atoms with van der Waals surface area (Å²) in [5.74, 6) is 2.26.